The third kappa shape index (κ3) is 3.23. The minimum atomic E-state index is 0.973. The van der Waals surface area contributed by atoms with Crippen molar-refractivity contribution in [3.05, 3.63) is 63.9 Å². The largest absolute Gasteiger partial charge is 0.295 e. The van der Waals surface area contributed by atoms with E-state index in [1.54, 1.807) is 0 Å². The van der Waals surface area contributed by atoms with Crippen molar-refractivity contribution in [3.8, 4) is 0 Å². The molecule has 1 aromatic carbocycles. The number of halogens is 1. The quantitative estimate of drug-likeness (QED) is 0.838. The molecule has 19 heavy (non-hydrogen) atoms. The van der Waals surface area contributed by atoms with Crippen LogP contribution in [-0.4, -0.2) is 16.4 Å². The van der Waals surface area contributed by atoms with Gasteiger partial charge in [0.2, 0.25) is 0 Å². The second-order valence-electron chi connectivity index (χ2n) is 5.09. The van der Waals surface area contributed by atoms with Crippen LogP contribution in [0.3, 0.4) is 0 Å². The van der Waals surface area contributed by atoms with Crippen molar-refractivity contribution in [1.29, 1.82) is 0 Å². The third-order valence-electron chi connectivity index (χ3n) is 3.60. The van der Waals surface area contributed by atoms with Gasteiger partial charge in [0.15, 0.2) is 0 Å². The van der Waals surface area contributed by atoms with Crippen molar-refractivity contribution < 1.29 is 0 Å². The van der Waals surface area contributed by atoms with Gasteiger partial charge in [0.25, 0.3) is 0 Å². The molecule has 0 atom stereocenters. The van der Waals surface area contributed by atoms with Crippen LogP contribution < -0.4 is 0 Å². The van der Waals surface area contributed by atoms with Crippen LogP contribution >= 0.6 is 15.9 Å². The first kappa shape index (κ1) is 12.8. The monoisotopic (exact) mass is 316 g/mol. The van der Waals surface area contributed by atoms with Crippen molar-refractivity contribution in [2.45, 2.75) is 25.9 Å². The molecule has 0 aliphatic carbocycles. The van der Waals surface area contributed by atoms with Crippen LogP contribution in [0.5, 0.6) is 0 Å². The molecule has 3 heteroatoms. The Bertz CT molecular complexity index is 568. The molecule has 0 unspecified atom stereocenters. The van der Waals surface area contributed by atoms with Crippen molar-refractivity contribution in [2.75, 3.05) is 6.54 Å². The summed E-state index contributed by atoms with van der Waals surface area (Å²) in [6.07, 6.45) is 6.23. The molecule has 0 N–H and O–H groups in total. The number of aromatic nitrogens is 1. The summed E-state index contributed by atoms with van der Waals surface area (Å²) in [5.74, 6) is 0. The minimum absolute atomic E-state index is 0.973. The van der Waals surface area contributed by atoms with Crippen LogP contribution in [0.25, 0.3) is 0 Å². The van der Waals surface area contributed by atoms with E-state index in [-0.39, 0.29) is 0 Å². The highest BCUT2D eigenvalue weighted by atomic mass is 79.9. The van der Waals surface area contributed by atoms with Crippen LogP contribution in [0, 0.1) is 0 Å². The summed E-state index contributed by atoms with van der Waals surface area (Å²) in [6.45, 7) is 3.17. The Morgan fingerprint density at radius 3 is 2.84 bits per heavy atom. The van der Waals surface area contributed by atoms with E-state index >= 15 is 0 Å². The Balaban J connectivity index is 1.76. The maximum atomic E-state index is 4.24. The highest BCUT2D eigenvalue weighted by Crippen LogP contribution is 2.20. The molecule has 2 nitrogen and oxygen atoms in total. The molecule has 0 bridgehead atoms. The van der Waals surface area contributed by atoms with E-state index in [0.29, 0.717) is 0 Å². The summed E-state index contributed by atoms with van der Waals surface area (Å²) in [5, 5.41) is 0. The molecular formula is C16H17BrN2. The Morgan fingerprint density at radius 1 is 1.16 bits per heavy atom. The molecule has 0 fully saturated rings. The maximum absolute atomic E-state index is 4.24. The van der Waals surface area contributed by atoms with E-state index in [1.807, 2.05) is 12.4 Å². The zero-order chi connectivity index (χ0) is 13.1. The van der Waals surface area contributed by atoms with Gasteiger partial charge in [-0.2, -0.15) is 0 Å². The van der Waals surface area contributed by atoms with Gasteiger partial charge in [-0.25, -0.2) is 0 Å². The first-order chi connectivity index (χ1) is 9.31. The molecule has 1 aliphatic rings. The average molecular weight is 317 g/mol. The number of hydrogen-bond acceptors (Lipinski definition) is 2. The standard InChI is InChI=1S/C16H17BrN2/c17-16-8-13(9-18-10-16)11-19-7-3-6-14-4-1-2-5-15(14)12-19/h1-2,4-5,8-10H,3,6-7,11-12H2. The van der Waals surface area contributed by atoms with E-state index in [0.717, 1.165) is 24.1 Å². The molecule has 2 heterocycles. The number of aryl methyl sites for hydroxylation is 1. The van der Waals surface area contributed by atoms with Gasteiger partial charge in [-0.3, -0.25) is 9.88 Å². The van der Waals surface area contributed by atoms with Gasteiger partial charge in [0, 0.05) is 30.0 Å². The molecule has 0 spiro atoms. The lowest BCUT2D eigenvalue weighted by molar-refractivity contribution is 0.261. The normalized spacial score (nSPS) is 15.8. The summed E-state index contributed by atoms with van der Waals surface area (Å²) in [5.41, 5.74) is 4.26. The van der Waals surface area contributed by atoms with E-state index in [2.05, 4.69) is 56.1 Å². The summed E-state index contributed by atoms with van der Waals surface area (Å²) in [7, 11) is 0. The molecule has 1 aliphatic heterocycles. The van der Waals surface area contributed by atoms with Gasteiger partial charge < -0.3 is 0 Å². The van der Waals surface area contributed by atoms with Crippen LogP contribution in [0.4, 0.5) is 0 Å². The Morgan fingerprint density at radius 2 is 2.00 bits per heavy atom. The van der Waals surface area contributed by atoms with Crippen LogP contribution in [0.1, 0.15) is 23.1 Å². The van der Waals surface area contributed by atoms with Gasteiger partial charge >= 0.3 is 0 Å². The van der Waals surface area contributed by atoms with Crippen LogP contribution in [0.2, 0.25) is 0 Å². The fourth-order valence-corrected chi connectivity index (χ4v) is 3.12. The summed E-state index contributed by atoms with van der Waals surface area (Å²) in [6, 6.07) is 11.0. The molecule has 98 valence electrons. The Labute approximate surface area is 122 Å². The van der Waals surface area contributed by atoms with E-state index in [1.165, 1.54) is 29.5 Å². The lowest BCUT2D eigenvalue weighted by Gasteiger charge is -2.20. The number of fused-ring (bicyclic) bond motifs is 1. The highest BCUT2D eigenvalue weighted by Gasteiger charge is 2.14. The molecule has 2 aromatic rings. The Kier molecular flexibility index (Phi) is 3.95. The molecule has 3 rings (SSSR count). The number of benzene rings is 1. The smallest absolute Gasteiger partial charge is 0.0410 e. The van der Waals surface area contributed by atoms with E-state index in [4.69, 9.17) is 0 Å². The number of hydrogen-bond donors (Lipinski definition) is 0. The van der Waals surface area contributed by atoms with Crippen molar-refractivity contribution in [2.24, 2.45) is 0 Å². The lowest BCUT2D eigenvalue weighted by Crippen LogP contribution is -2.22. The van der Waals surface area contributed by atoms with Gasteiger partial charge in [-0.15, -0.1) is 0 Å². The fourth-order valence-electron chi connectivity index (χ4n) is 2.70. The number of nitrogens with zero attached hydrogens (tertiary/aromatic N) is 2. The van der Waals surface area contributed by atoms with Crippen molar-refractivity contribution in [1.82, 2.24) is 9.88 Å². The predicted octanol–water partition coefficient (Wildman–Crippen LogP) is 3.79. The second-order valence-corrected chi connectivity index (χ2v) is 6.01. The lowest BCUT2D eigenvalue weighted by atomic mass is 10.0. The minimum Gasteiger partial charge on any atom is -0.295 e. The van der Waals surface area contributed by atoms with Gasteiger partial charge in [0.1, 0.15) is 0 Å². The molecule has 0 radical (unpaired) electrons. The molecule has 0 amide bonds. The number of pyridine rings is 1. The fraction of sp³-hybridized carbons (Fsp3) is 0.312. The van der Waals surface area contributed by atoms with Crippen LogP contribution in [-0.2, 0) is 19.5 Å². The number of rotatable bonds is 2. The SMILES string of the molecule is Brc1cncc(CN2CCCc3ccccc3C2)c1. The third-order valence-corrected chi connectivity index (χ3v) is 4.03. The second kappa shape index (κ2) is 5.85. The molecule has 1 aromatic heterocycles. The zero-order valence-corrected chi connectivity index (χ0v) is 12.4. The van der Waals surface area contributed by atoms with E-state index < -0.39 is 0 Å². The summed E-state index contributed by atoms with van der Waals surface area (Å²) >= 11 is 3.49. The average Bonchev–Trinajstić information content (AvgIpc) is 2.60. The molecule has 0 saturated carbocycles. The topological polar surface area (TPSA) is 16.1 Å². The first-order valence-corrected chi connectivity index (χ1v) is 7.49. The summed E-state index contributed by atoms with van der Waals surface area (Å²) < 4.78 is 1.06. The Hall–Kier alpha value is -1.19. The predicted molar refractivity (Wildman–Crippen MR) is 80.8 cm³/mol. The van der Waals surface area contributed by atoms with Gasteiger partial charge in [0.05, 0.1) is 0 Å². The van der Waals surface area contributed by atoms with Crippen molar-refractivity contribution >= 4 is 15.9 Å². The maximum Gasteiger partial charge on any atom is 0.0410 e. The zero-order valence-electron chi connectivity index (χ0n) is 10.8. The van der Waals surface area contributed by atoms with Crippen LogP contribution in [0.15, 0.2) is 47.2 Å². The van der Waals surface area contributed by atoms with Gasteiger partial charge in [-0.1, -0.05) is 24.3 Å². The highest BCUT2D eigenvalue weighted by molar-refractivity contribution is 9.10. The van der Waals surface area contributed by atoms with Crippen molar-refractivity contribution in [3.63, 3.8) is 0 Å². The summed E-state index contributed by atoms with van der Waals surface area (Å²) in [4.78, 5) is 6.75. The van der Waals surface area contributed by atoms with E-state index in [9.17, 15) is 0 Å². The van der Waals surface area contributed by atoms with Gasteiger partial charge in [-0.05, 0) is 58.1 Å². The first-order valence-electron chi connectivity index (χ1n) is 6.70. The molecular weight excluding hydrogens is 300 g/mol. The molecule has 0 saturated heterocycles.